The average molecular weight is 284 g/mol. The third kappa shape index (κ3) is 4.90. The van der Waals surface area contributed by atoms with E-state index in [1.807, 2.05) is 20.8 Å². The molecule has 0 bridgehead atoms. The number of rotatable bonds is 5. The summed E-state index contributed by atoms with van der Waals surface area (Å²) in [6.07, 6.45) is -0.0849. The van der Waals surface area contributed by atoms with E-state index in [-0.39, 0.29) is 18.5 Å². The molecule has 2 amide bonds. The summed E-state index contributed by atoms with van der Waals surface area (Å²) in [6.45, 7) is 7.63. The number of nitrogens with one attached hydrogen (secondary N) is 2. The summed E-state index contributed by atoms with van der Waals surface area (Å²) in [5.74, 6) is -0.926. The lowest BCUT2D eigenvalue weighted by Crippen LogP contribution is -2.42. The van der Waals surface area contributed by atoms with Crippen LogP contribution in [0.4, 0.5) is 4.79 Å². The first kappa shape index (κ1) is 15.5. The van der Waals surface area contributed by atoms with Crippen molar-refractivity contribution in [3.05, 3.63) is 21.4 Å². The van der Waals surface area contributed by atoms with Gasteiger partial charge in [0.1, 0.15) is 0 Å². The van der Waals surface area contributed by atoms with E-state index < -0.39 is 12.0 Å². The lowest BCUT2D eigenvalue weighted by Gasteiger charge is -2.17. The van der Waals surface area contributed by atoms with Crippen molar-refractivity contribution in [2.24, 2.45) is 0 Å². The third-order valence-corrected chi connectivity index (χ3v) is 3.73. The van der Waals surface area contributed by atoms with Crippen LogP contribution < -0.4 is 10.6 Å². The quantitative estimate of drug-likeness (QED) is 0.777. The van der Waals surface area contributed by atoms with Crippen molar-refractivity contribution < 1.29 is 14.7 Å². The van der Waals surface area contributed by atoms with E-state index in [0.29, 0.717) is 0 Å². The molecule has 1 rings (SSSR count). The van der Waals surface area contributed by atoms with Gasteiger partial charge in [0, 0.05) is 15.8 Å². The van der Waals surface area contributed by atoms with Crippen LogP contribution in [0.1, 0.15) is 41.6 Å². The van der Waals surface area contributed by atoms with Gasteiger partial charge in [-0.1, -0.05) is 0 Å². The van der Waals surface area contributed by atoms with Gasteiger partial charge in [-0.25, -0.2) is 4.79 Å². The molecule has 19 heavy (non-hydrogen) atoms. The van der Waals surface area contributed by atoms with Crippen LogP contribution >= 0.6 is 11.3 Å². The van der Waals surface area contributed by atoms with Crippen molar-refractivity contribution in [3.63, 3.8) is 0 Å². The Kier molecular flexibility index (Phi) is 5.35. The fourth-order valence-corrected chi connectivity index (χ4v) is 2.96. The molecule has 0 saturated heterocycles. The number of thiophene rings is 1. The first-order valence-electron chi connectivity index (χ1n) is 6.15. The Morgan fingerprint density at radius 1 is 1.32 bits per heavy atom. The van der Waals surface area contributed by atoms with Crippen LogP contribution in [0.25, 0.3) is 0 Å². The van der Waals surface area contributed by atoms with Crippen LogP contribution in [0.15, 0.2) is 6.07 Å². The van der Waals surface area contributed by atoms with E-state index in [0.717, 1.165) is 5.56 Å². The van der Waals surface area contributed by atoms with Gasteiger partial charge in [-0.2, -0.15) is 0 Å². The second-order valence-corrected chi connectivity index (χ2v) is 6.17. The van der Waals surface area contributed by atoms with Gasteiger partial charge in [0.05, 0.1) is 12.5 Å². The summed E-state index contributed by atoms with van der Waals surface area (Å²) in [5.41, 5.74) is 1.10. The molecule has 0 aromatic carbocycles. The summed E-state index contributed by atoms with van der Waals surface area (Å²) in [5, 5.41) is 14.1. The zero-order valence-corrected chi connectivity index (χ0v) is 12.4. The van der Waals surface area contributed by atoms with Crippen molar-refractivity contribution in [2.45, 2.75) is 46.2 Å². The highest BCUT2D eigenvalue weighted by molar-refractivity contribution is 7.12. The number of hydrogen-bond donors (Lipinski definition) is 3. The molecule has 1 heterocycles. The topological polar surface area (TPSA) is 78.4 Å². The molecular weight excluding hydrogens is 264 g/mol. The van der Waals surface area contributed by atoms with Crippen molar-refractivity contribution in [2.75, 3.05) is 0 Å². The van der Waals surface area contributed by atoms with Crippen molar-refractivity contribution >= 4 is 23.3 Å². The fraction of sp³-hybridized carbons (Fsp3) is 0.538. The molecule has 0 fully saturated rings. The van der Waals surface area contributed by atoms with Crippen LogP contribution in [0.3, 0.4) is 0 Å². The Hall–Kier alpha value is -1.56. The smallest absolute Gasteiger partial charge is 0.315 e. The minimum absolute atomic E-state index is 0.0849. The number of carboxylic acid groups (broad SMARTS) is 1. The number of carbonyl (C=O) groups excluding carboxylic acids is 1. The maximum absolute atomic E-state index is 11.7. The SMILES string of the molecule is Cc1cc(C(C)NC(=O)NC(C)CC(=O)O)c(C)s1. The van der Waals surface area contributed by atoms with Gasteiger partial charge in [-0.15, -0.1) is 11.3 Å². The number of amides is 2. The molecular formula is C13H20N2O3S. The molecule has 0 saturated carbocycles. The third-order valence-electron chi connectivity index (χ3n) is 2.75. The Bertz CT molecular complexity index is 470. The maximum Gasteiger partial charge on any atom is 0.315 e. The van der Waals surface area contributed by atoms with Crippen LogP contribution in [-0.2, 0) is 4.79 Å². The second kappa shape index (κ2) is 6.56. The lowest BCUT2D eigenvalue weighted by molar-refractivity contribution is -0.137. The van der Waals surface area contributed by atoms with Crippen LogP contribution in [-0.4, -0.2) is 23.1 Å². The minimum Gasteiger partial charge on any atom is -0.481 e. The second-order valence-electron chi connectivity index (χ2n) is 4.71. The molecule has 106 valence electrons. The molecule has 1 aromatic heterocycles. The molecule has 6 heteroatoms. The molecule has 0 aliphatic carbocycles. The number of urea groups is 1. The van der Waals surface area contributed by atoms with Crippen LogP contribution in [0.5, 0.6) is 0 Å². The maximum atomic E-state index is 11.7. The van der Waals surface area contributed by atoms with Gasteiger partial charge < -0.3 is 15.7 Å². The van der Waals surface area contributed by atoms with Crippen molar-refractivity contribution in [3.8, 4) is 0 Å². The molecule has 2 atom stereocenters. The molecule has 5 nitrogen and oxygen atoms in total. The van der Waals surface area contributed by atoms with E-state index in [1.165, 1.54) is 9.75 Å². The largest absolute Gasteiger partial charge is 0.481 e. The van der Waals surface area contributed by atoms with E-state index in [1.54, 1.807) is 18.3 Å². The van der Waals surface area contributed by atoms with E-state index in [2.05, 4.69) is 16.7 Å². The molecule has 3 N–H and O–H groups in total. The molecule has 1 aromatic rings. The van der Waals surface area contributed by atoms with Crippen molar-refractivity contribution in [1.29, 1.82) is 0 Å². The fourth-order valence-electron chi connectivity index (χ4n) is 1.93. The highest BCUT2D eigenvalue weighted by Crippen LogP contribution is 2.25. The highest BCUT2D eigenvalue weighted by atomic mass is 32.1. The minimum atomic E-state index is -0.926. The zero-order valence-electron chi connectivity index (χ0n) is 11.6. The summed E-state index contributed by atoms with van der Waals surface area (Å²) < 4.78 is 0. The highest BCUT2D eigenvalue weighted by Gasteiger charge is 2.16. The molecule has 2 unspecified atom stereocenters. The Labute approximate surface area is 117 Å². The predicted molar refractivity (Wildman–Crippen MR) is 75.6 cm³/mol. The number of hydrogen-bond acceptors (Lipinski definition) is 3. The number of carboxylic acids is 1. The number of aryl methyl sites for hydroxylation is 2. The standard InChI is InChI=1S/C13H20N2O3S/c1-7(5-12(16)17)14-13(18)15-9(3)11-6-8(2)19-10(11)4/h6-7,9H,5H2,1-4H3,(H,16,17)(H2,14,15,18). The van der Waals surface area contributed by atoms with Crippen LogP contribution in [0.2, 0.25) is 0 Å². The van der Waals surface area contributed by atoms with Gasteiger partial charge >= 0.3 is 12.0 Å². The Morgan fingerprint density at radius 2 is 1.95 bits per heavy atom. The van der Waals surface area contributed by atoms with Gasteiger partial charge in [0.15, 0.2) is 0 Å². The zero-order chi connectivity index (χ0) is 14.6. The molecule has 0 radical (unpaired) electrons. The summed E-state index contributed by atoms with van der Waals surface area (Å²) in [4.78, 5) is 24.6. The number of aliphatic carboxylic acids is 1. The van der Waals surface area contributed by atoms with Gasteiger partial charge in [-0.05, 0) is 39.3 Å². The molecule has 0 aliphatic heterocycles. The summed E-state index contributed by atoms with van der Waals surface area (Å²) in [6, 6.07) is 1.23. The first-order valence-corrected chi connectivity index (χ1v) is 6.97. The van der Waals surface area contributed by atoms with Gasteiger partial charge in [0.25, 0.3) is 0 Å². The van der Waals surface area contributed by atoms with E-state index in [9.17, 15) is 9.59 Å². The van der Waals surface area contributed by atoms with Crippen LogP contribution in [0, 0.1) is 13.8 Å². The van der Waals surface area contributed by atoms with E-state index in [4.69, 9.17) is 5.11 Å². The summed E-state index contributed by atoms with van der Waals surface area (Å²) >= 11 is 1.70. The summed E-state index contributed by atoms with van der Waals surface area (Å²) in [7, 11) is 0. The predicted octanol–water partition coefficient (Wildman–Crippen LogP) is 2.59. The van der Waals surface area contributed by atoms with Crippen molar-refractivity contribution in [1.82, 2.24) is 10.6 Å². The Morgan fingerprint density at radius 3 is 2.42 bits per heavy atom. The molecule has 0 spiro atoms. The van der Waals surface area contributed by atoms with Gasteiger partial charge in [0.2, 0.25) is 0 Å². The molecule has 0 aliphatic rings. The monoisotopic (exact) mass is 284 g/mol. The lowest BCUT2D eigenvalue weighted by atomic mass is 10.1. The van der Waals surface area contributed by atoms with E-state index >= 15 is 0 Å². The normalized spacial score (nSPS) is 13.7. The van der Waals surface area contributed by atoms with Gasteiger partial charge in [-0.3, -0.25) is 4.79 Å². The first-order chi connectivity index (χ1) is 8.79. The number of carbonyl (C=O) groups is 2. The average Bonchev–Trinajstić information content (AvgIpc) is 2.55. The Balaban J connectivity index is 2.52.